The Bertz CT molecular complexity index is 561. The summed E-state index contributed by atoms with van der Waals surface area (Å²) >= 11 is 6.11. The fourth-order valence-electron chi connectivity index (χ4n) is 2.86. The summed E-state index contributed by atoms with van der Waals surface area (Å²) in [5.74, 6) is -0.936. The number of piperazine rings is 1. The number of anilines is 1. The number of aliphatic carboxylic acids is 1. The van der Waals surface area contributed by atoms with Crippen molar-refractivity contribution in [3.63, 3.8) is 0 Å². The predicted molar refractivity (Wildman–Crippen MR) is 84.9 cm³/mol. The molecule has 1 saturated heterocycles. The fourth-order valence-corrected chi connectivity index (χ4v) is 3.03. The number of nitrogens with zero attached hydrogens (tertiary/aromatic N) is 2. The van der Waals surface area contributed by atoms with Crippen molar-refractivity contribution in [2.24, 2.45) is 0 Å². The van der Waals surface area contributed by atoms with E-state index >= 15 is 0 Å². The molecule has 1 aliphatic heterocycles. The highest BCUT2D eigenvalue weighted by atomic mass is 35.5. The van der Waals surface area contributed by atoms with Crippen LogP contribution in [0.3, 0.4) is 0 Å². The molecule has 112 valence electrons. The molecule has 0 radical (unpaired) electrons. The predicted octanol–water partition coefficient (Wildman–Crippen LogP) is 2.72. The maximum atomic E-state index is 10.7. The molecule has 0 spiro atoms. The van der Waals surface area contributed by atoms with Crippen LogP contribution in [0.2, 0.25) is 5.02 Å². The number of carbonyl (C=O) groups is 1. The van der Waals surface area contributed by atoms with Gasteiger partial charge in [0.05, 0.1) is 0 Å². The highest BCUT2D eigenvalue weighted by Crippen LogP contribution is 2.31. The van der Waals surface area contributed by atoms with Crippen molar-refractivity contribution in [3.05, 3.63) is 34.9 Å². The molecule has 4 nitrogen and oxygen atoms in total. The summed E-state index contributed by atoms with van der Waals surface area (Å²) in [5, 5.41) is 9.48. The van der Waals surface area contributed by atoms with Gasteiger partial charge in [-0.3, -0.25) is 4.90 Å². The van der Waals surface area contributed by atoms with E-state index in [4.69, 9.17) is 16.7 Å². The van der Waals surface area contributed by atoms with Crippen molar-refractivity contribution >= 4 is 29.3 Å². The molecular weight excluding hydrogens is 288 g/mol. The number of carboxylic acid groups (broad SMARTS) is 1. The molecule has 1 saturated carbocycles. The Balaban J connectivity index is 1.76. The van der Waals surface area contributed by atoms with Gasteiger partial charge >= 0.3 is 5.97 Å². The summed E-state index contributed by atoms with van der Waals surface area (Å²) in [6.07, 6.45) is 5.49. The van der Waals surface area contributed by atoms with Crippen LogP contribution in [0.5, 0.6) is 0 Å². The minimum atomic E-state index is -0.936. The van der Waals surface area contributed by atoms with Crippen LogP contribution in [0.1, 0.15) is 18.4 Å². The summed E-state index contributed by atoms with van der Waals surface area (Å²) in [4.78, 5) is 15.6. The third-order valence-corrected chi connectivity index (χ3v) is 4.35. The van der Waals surface area contributed by atoms with Crippen LogP contribution in [0, 0.1) is 0 Å². The molecule has 0 aromatic heterocycles. The van der Waals surface area contributed by atoms with Gasteiger partial charge in [0, 0.05) is 49.0 Å². The van der Waals surface area contributed by atoms with E-state index in [0.717, 1.165) is 43.5 Å². The lowest BCUT2D eigenvalue weighted by Crippen LogP contribution is -2.47. The van der Waals surface area contributed by atoms with Crippen molar-refractivity contribution in [1.82, 2.24) is 4.90 Å². The highest BCUT2D eigenvalue weighted by Gasteiger charge is 2.31. The van der Waals surface area contributed by atoms with Crippen molar-refractivity contribution in [3.8, 4) is 0 Å². The first-order valence-corrected chi connectivity index (χ1v) is 7.71. The van der Waals surface area contributed by atoms with E-state index in [1.807, 2.05) is 12.1 Å². The highest BCUT2D eigenvalue weighted by molar-refractivity contribution is 6.31. The number of hydrogen-bond donors (Lipinski definition) is 1. The molecule has 1 aliphatic carbocycles. The fraction of sp³-hybridized carbons (Fsp3) is 0.438. The number of benzene rings is 1. The summed E-state index contributed by atoms with van der Waals surface area (Å²) < 4.78 is 0. The van der Waals surface area contributed by atoms with Crippen molar-refractivity contribution in [1.29, 1.82) is 0 Å². The second-order valence-electron chi connectivity index (χ2n) is 5.63. The number of rotatable bonds is 4. The molecule has 0 atom stereocenters. The van der Waals surface area contributed by atoms with E-state index in [9.17, 15) is 4.79 Å². The summed E-state index contributed by atoms with van der Waals surface area (Å²) in [6.45, 7) is 4.06. The van der Waals surface area contributed by atoms with Gasteiger partial charge in [-0.05, 0) is 36.6 Å². The normalized spacial score (nSPS) is 20.1. The van der Waals surface area contributed by atoms with Crippen molar-refractivity contribution < 1.29 is 9.90 Å². The molecule has 5 heteroatoms. The summed E-state index contributed by atoms with van der Waals surface area (Å²) in [7, 11) is 0. The molecule has 1 aromatic carbocycles. The lowest BCUT2D eigenvalue weighted by atomic mass is 10.1. The second-order valence-corrected chi connectivity index (χ2v) is 6.07. The minimum absolute atomic E-state index is 0.682. The third kappa shape index (κ3) is 3.57. The minimum Gasteiger partial charge on any atom is -0.478 e. The Kier molecular flexibility index (Phi) is 4.17. The van der Waals surface area contributed by atoms with E-state index in [0.29, 0.717) is 5.02 Å². The third-order valence-electron chi connectivity index (χ3n) is 4.12. The SMILES string of the molecule is O=C(O)/C=C/c1ccc(Cl)cc1N1CCN(C2CC2)CC1. The average molecular weight is 307 g/mol. The second kappa shape index (κ2) is 6.08. The maximum Gasteiger partial charge on any atom is 0.328 e. The molecular formula is C16H19ClN2O2. The van der Waals surface area contributed by atoms with Gasteiger partial charge in [0.1, 0.15) is 0 Å². The Morgan fingerprint density at radius 3 is 2.57 bits per heavy atom. The van der Waals surface area contributed by atoms with Crippen LogP contribution in [0.25, 0.3) is 6.08 Å². The zero-order chi connectivity index (χ0) is 14.8. The summed E-state index contributed by atoms with van der Waals surface area (Å²) in [5.41, 5.74) is 1.93. The molecule has 3 rings (SSSR count). The standard InChI is InChI=1S/C16H19ClN2O2/c17-13-3-1-12(2-6-16(20)21)15(11-13)19-9-7-18(8-10-19)14-4-5-14/h1-3,6,11,14H,4-5,7-10H2,(H,20,21)/b6-2+. The molecule has 0 unspecified atom stereocenters. The van der Waals surface area contributed by atoms with Gasteiger partial charge in [0.25, 0.3) is 0 Å². The van der Waals surface area contributed by atoms with Gasteiger partial charge in [0.2, 0.25) is 0 Å². The zero-order valence-corrected chi connectivity index (χ0v) is 12.6. The van der Waals surface area contributed by atoms with E-state index in [1.54, 1.807) is 12.1 Å². The Morgan fingerprint density at radius 1 is 1.24 bits per heavy atom. The topological polar surface area (TPSA) is 43.8 Å². The first kappa shape index (κ1) is 14.4. The van der Waals surface area contributed by atoms with Crippen LogP contribution >= 0.6 is 11.6 Å². The van der Waals surface area contributed by atoms with Gasteiger partial charge in [-0.2, -0.15) is 0 Å². The van der Waals surface area contributed by atoms with Crippen LogP contribution < -0.4 is 4.90 Å². The molecule has 0 bridgehead atoms. The van der Waals surface area contributed by atoms with Gasteiger partial charge in [0.15, 0.2) is 0 Å². The van der Waals surface area contributed by atoms with Crippen LogP contribution in [0.4, 0.5) is 5.69 Å². The monoisotopic (exact) mass is 306 g/mol. The Morgan fingerprint density at radius 2 is 1.95 bits per heavy atom. The van der Waals surface area contributed by atoms with Crippen LogP contribution in [-0.2, 0) is 4.79 Å². The molecule has 1 N–H and O–H groups in total. The zero-order valence-electron chi connectivity index (χ0n) is 11.8. The Hall–Kier alpha value is -1.52. The van der Waals surface area contributed by atoms with Gasteiger partial charge in [-0.25, -0.2) is 4.79 Å². The van der Waals surface area contributed by atoms with Gasteiger partial charge in [-0.1, -0.05) is 17.7 Å². The number of hydrogen-bond acceptors (Lipinski definition) is 3. The van der Waals surface area contributed by atoms with Gasteiger partial charge < -0.3 is 10.0 Å². The molecule has 1 aromatic rings. The lowest BCUT2D eigenvalue weighted by Gasteiger charge is -2.37. The van der Waals surface area contributed by atoms with Crippen molar-refractivity contribution in [2.75, 3.05) is 31.1 Å². The summed E-state index contributed by atoms with van der Waals surface area (Å²) in [6, 6.07) is 6.41. The van der Waals surface area contributed by atoms with E-state index < -0.39 is 5.97 Å². The van der Waals surface area contributed by atoms with E-state index in [2.05, 4.69) is 9.80 Å². The first-order chi connectivity index (χ1) is 10.1. The quantitative estimate of drug-likeness (QED) is 0.869. The largest absolute Gasteiger partial charge is 0.478 e. The number of carboxylic acids is 1. The molecule has 0 amide bonds. The van der Waals surface area contributed by atoms with Crippen molar-refractivity contribution in [2.45, 2.75) is 18.9 Å². The van der Waals surface area contributed by atoms with E-state index in [-0.39, 0.29) is 0 Å². The average Bonchev–Trinajstić information content (AvgIpc) is 3.30. The number of halogens is 1. The van der Waals surface area contributed by atoms with Crippen LogP contribution in [0.15, 0.2) is 24.3 Å². The van der Waals surface area contributed by atoms with E-state index in [1.165, 1.54) is 18.9 Å². The van der Waals surface area contributed by atoms with Crippen LogP contribution in [-0.4, -0.2) is 48.2 Å². The smallest absolute Gasteiger partial charge is 0.328 e. The molecule has 1 heterocycles. The molecule has 2 fully saturated rings. The molecule has 2 aliphatic rings. The van der Waals surface area contributed by atoms with Gasteiger partial charge in [-0.15, -0.1) is 0 Å². The first-order valence-electron chi connectivity index (χ1n) is 7.33. The molecule has 21 heavy (non-hydrogen) atoms. The lowest BCUT2D eigenvalue weighted by molar-refractivity contribution is -0.131. The Labute approximate surface area is 129 Å². The maximum absolute atomic E-state index is 10.7.